The summed E-state index contributed by atoms with van der Waals surface area (Å²) in [6, 6.07) is 8.05. The van der Waals surface area contributed by atoms with Crippen molar-refractivity contribution in [3.8, 4) is 0 Å². The molecule has 2 aliphatic rings. The Morgan fingerprint density at radius 1 is 1.14 bits per heavy atom. The van der Waals surface area contributed by atoms with E-state index in [9.17, 15) is 4.79 Å². The van der Waals surface area contributed by atoms with E-state index in [1.54, 1.807) is 0 Å². The van der Waals surface area contributed by atoms with Gasteiger partial charge in [-0.05, 0) is 31.9 Å². The Labute approximate surface area is 180 Å². The number of carbonyl (C=O) groups excluding carboxylic acids is 1. The summed E-state index contributed by atoms with van der Waals surface area (Å²) in [7, 11) is 0. The van der Waals surface area contributed by atoms with Crippen LogP contribution < -0.4 is 10.6 Å². The molecule has 0 bridgehead atoms. The number of nitrogens with zero attached hydrogens (tertiary/aromatic N) is 1. The topological polar surface area (TPSA) is 62.8 Å². The number of nitrogens with one attached hydrogen (secondary N) is 2. The summed E-state index contributed by atoms with van der Waals surface area (Å²) in [6.45, 7) is 10.8. The van der Waals surface area contributed by atoms with E-state index in [4.69, 9.17) is 9.47 Å². The highest BCUT2D eigenvalue weighted by Crippen LogP contribution is 2.17. The molecule has 3 rings (SSSR count). The fourth-order valence-corrected chi connectivity index (χ4v) is 3.86. The smallest absolute Gasteiger partial charge is 0.240 e. The first-order valence-electron chi connectivity index (χ1n) is 9.60. The van der Waals surface area contributed by atoms with Crippen molar-refractivity contribution in [2.24, 2.45) is 0 Å². The average molecular weight is 434 g/mol. The molecule has 2 fully saturated rings. The predicted molar refractivity (Wildman–Crippen MR) is 115 cm³/mol. The van der Waals surface area contributed by atoms with Gasteiger partial charge in [0.1, 0.15) is 6.04 Å². The van der Waals surface area contributed by atoms with Crippen LogP contribution in [0.15, 0.2) is 24.3 Å². The minimum absolute atomic E-state index is 0. The van der Waals surface area contributed by atoms with E-state index in [1.807, 2.05) is 13.0 Å². The quantitative estimate of drug-likeness (QED) is 0.744. The molecular weight excluding hydrogens is 401 g/mol. The molecule has 1 aromatic rings. The van der Waals surface area contributed by atoms with Gasteiger partial charge >= 0.3 is 0 Å². The van der Waals surface area contributed by atoms with E-state index in [-0.39, 0.29) is 55.1 Å². The lowest BCUT2D eigenvalue weighted by Gasteiger charge is -2.35. The van der Waals surface area contributed by atoms with E-state index in [0.29, 0.717) is 19.7 Å². The summed E-state index contributed by atoms with van der Waals surface area (Å²) in [5.74, 6) is 0.000574. The van der Waals surface area contributed by atoms with Crippen molar-refractivity contribution in [2.45, 2.75) is 58.2 Å². The van der Waals surface area contributed by atoms with Gasteiger partial charge in [0.15, 0.2) is 0 Å². The maximum absolute atomic E-state index is 12.5. The van der Waals surface area contributed by atoms with Crippen molar-refractivity contribution in [1.29, 1.82) is 0 Å². The molecule has 160 valence electrons. The van der Waals surface area contributed by atoms with Crippen molar-refractivity contribution < 1.29 is 14.3 Å². The average Bonchev–Trinajstić information content (AvgIpc) is 2.60. The number of morpholine rings is 2. The monoisotopic (exact) mass is 433 g/mol. The van der Waals surface area contributed by atoms with Crippen molar-refractivity contribution in [2.75, 3.05) is 26.2 Å². The minimum atomic E-state index is -0.281. The van der Waals surface area contributed by atoms with Crippen molar-refractivity contribution in [3.63, 3.8) is 0 Å². The summed E-state index contributed by atoms with van der Waals surface area (Å²) in [5.41, 5.74) is 2.42. The SMILES string of the molecule is CC1CN(Cc2ccccc2CNC(=O)[C@H]2NCCO[C@@H]2C)CC(C)O1.Cl.Cl. The lowest BCUT2D eigenvalue weighted by molar-refractivity contribution is -0.129. The summed E-state index contributed by atoms with van der Waals surface area (Å²) >= 11 is 0. The van der Waals surface area contributed by atoms with Gasteiger partial charge in [-0.15, -0.1) is 24.8 Å². The van der Waals surface area contributed by atoms with Gasteiger partial charge in [-0.25, -0.2) is 0 Å². The van der Waals surface area contributed by atoms with Gasteiger partial charge in [-0.1, -0.05) is 24.3 Å². The molecule has 2 saturated heterocycles. The number of amides is 1. The van der Waals surface area contributed by atoms with E-state index in [1.165, 1.54) is 5.56 Å². The van der Waals surface area contributed by atoms with Crippen LogP contribution in [-0.2, 0) is 27.4 Å². The molecule has 2 unspecified atom stereocenters. The largest absolute Gasteiger partial charge is 0.375 e. The lowest BCUT2D eigenvalue weighted by atomic mass is 10.1. The predicted octanol–water partition coefficient (Wildman–Crippen LogP) is 2.13. The molecule has 6 nitrogen and oxygen atoms in total. The molecule has 1 aromatic carbocycles. The van der Waals surface area contributed by atoms with Crippen molar-refractivity contribution in [1.82, 2.24) is 15.5 Å². The zero-order valence-corrected chi connectivity index (χ0v) is 18.5. The van der Waals surface area contributed by atoms with Crippen LogP contribution in [0.2, 0.25) is 0 Å². The number of hydrogen-bond donors (Lipinski definition) is 2. The first-order chi connectivity index (χ1) is 12.5. The molecule has 0 radical (unpaired) electrons. The van der Waals surface area contributed by atoms with Crippen molar-refractivity contribution >= 4 is 30.7 Å². The van der Waals surface area contributed by atoms with Crippen LogP contribution in [0.25, 0.3) is 0 Å². The number of benzene rings is 1. The van der Waals surface area contributed by atoms with Crippen LogP contribution >= 0.6 is 24.8 Å². The number of hydrogen-bond acceptors (Lipinski definition) is 5. The van der Waals surface area contributed by atoms with Crippen LogP contribution in [0.1, 0.15) is 31.9 Å². The summed E-state index contributed by atoms with van der Waals surface area (Å²) in [6.07, 6.45) is 0.407. The molecular formula is C20H33Cl2N3O3. The second-order valence-electron chi connectivity index (χ2n) is 7.45. The molecule has 0 saturated carbocycles. The lowest BCUT2D eigenvalue weighted by Crippen LogP contribution is -2.55. The van der Waals surface area contributed by atoms with E-state index < -0.39 is 0 Å². The highest BCUT2D eigenvalue weighted by Gasteiger charge is 2.28. The molecule has 2 heterocycles. The van der Waals surface area contributed by atoms with E-state index in [0.717, 1.165) is 25.2 Å². The Hall–Kier alpha value is -0.890. The maximum atomic E-state index is 12.5. The summed E-state index contributed by atoms with van der Waals surface area (Å²) < 4.78 is 11.4. The molecule has 0 spiro atoms. The maximum Gasteiger partial charge on any atom is 0.240 e. The zero-order chi connectivity index (χ0) is 18.5. The molecule has 1 amide bonds. The number of halogens is 2. The third kappa shape index (κ3) is 6.87. The third-order valence-corrected chi connectivity index (χ3v) is 5.06. The Morgan fingerprint density at radius 3 is 2.43 bits per heavy atom. The second-order valence-corrected chi connectivity index (χ2v) is 7.45. The van der Waals surface area contributed by atoms with Crippen LogP contribution in [0.4, 0.5) is 0 Å². The van der Waals surface area contributed by atoms with Gasteiger partial charge in [0.2, 0.25) is 5.91 Å². The first-order valence-corrected chi connectivity index (χ1v) is 9.60. The Kier molecular flexibility index (Phi) is 10.7. The summed E-state index contributed by atoms with van der Waals surface area (Å²) in [4.78, 5) is 14.9. The van der Waals surface area contributed by atoms with Crippen LogP contribution in [0.5, 0.6) is 0 Å². The fourth-order valence-electron chi connectivity index (χ4n) is 3.86. The van der Waals surface area contributed by atoms with Crippen LogP contribution in [0.3, 0.4) is 0 Å². The van der Waals surface area contributed by atoms with Crippen LogP contribution in [-0.4, -0.2) is 61.4 Å². The minimum Gasteiger partial charge on any atom is -0.375 e. The van der Waals surface area contributed by atoms with Gasteiger partial charge in [0.25, 0.3) is 0 Å². The fraction of sp³-hybridized carbons (Fsp3) is 0.650. The van der Waals surface area contributed by atoms with Crippen molar-refractivity contribution in [3.05, 3.63) is 35.4 Å². The normalized spacial score (nSPS) is 28.0. The van der Waals surface area contributed by atoms with Gasteiger partial charge in [0.05, 0.1) is 24.9 Å². The zero-order valence-electron chi connectivity index (χ0n) is 16.8. The van der Waals surface area contributed by atoms with Gasteiger partial charge < -0.3 is 20.1 Å². The first kappa shape index (κ1) is 25.1. The molecule has 2 N–H and O–H groups in total. The number of carbonyl (C=O) groups is 1. The highest BCUT2D eigenvalue weighted by molar-refractivity contribution is 5.85. The molecule has 4 atom stereocenters. The molecule has 8 heteroatoms. The summed E-state index contributed by atoms with van der Waals surface area (Å²) in [5, 5.41) is 6.31. The van der Waals surface area contributed by atoms with Gasteiger partial charge in [0, 0.05) is 32.7 Å². The van der Waals surface area contributed by atoms with E-state index in [2.05, 4.69) is 47.6 Å². The Morgan fingerprint density at radius 2 is 1.79 bits per heavy atom. The number of rotatable bonds is 5. The van der Waals surface area contributed by atoms with E-state index >= 15 is 0 Å². The van der Waals surface area contributed by atoms with Gasteiger partial charge in [-0.3, -0.25) is 9.69 Å². The second kappa shape index (κ2) is 12.0. The Balaban J connectivity index is 0.00000196. The highest BCUT2D eigenvalue weighted by atomic mass is 35.5. The molecule has 0 aliphatic carbocycles. The molecule has 0 aromatic heterocycles. The number of ether oxygens (including phenoxy) is 2. The Bertz CT molecular complexity index is 610. The molecule has 28 heavy (non-hydrogen) atoms. The third-order valence-electron chi connectivity index (χ3n) is 5.06. The van der Waals surface area contributed by atoms with Crippen LogP contribution in [0, 0.1) is 0 Å². The standard InChI is InChI=1S/C20H31N3O3.2ClH/c1-14-11-23(12-15(2)26-14)13-18-7-5-4-6-17(18)10-22-20(24)19-16(3)25-9-8-21-19;;/h4-7,14-16,19,21H,8-13H2,1-3H3,(H,22,24);2*1H/t14?,15?,16-,19+;;/m1../s1. The van der Waals surface area contributed by atoms with Gasteiger partial charge in [-0.2, -0.15) is 0 Å². The molecule has 2 aliphatic heterocycles.